The molecule has 234 valence electrons. The summed E-state index contributed by atoms with van der Waals surface area (Å²) in [6.45, 7) is 0. The summed E-state index contributed by atoms with van der Waals surface area (Å²) in [6, 6.07) is 54.8. The Labute approximate surface area is 288 Å². The van der Waals surface area contributed by atoms with Crippen molar-refractivity contribution < 1.29 is 0 Å². The van der Waals surface area contributed by atoms with Crippen LogP contribution in [-0.2, 0) is 0 Å². The van der Waals surface area contributed by atoms with Gasteiger partial charge >= 0.3 is 0 Å². The molecule has 0 aliphatic carbocycles. The molecule has 4 heterocycles. The highest BCUT2D eigenvalue weighted by Crippen LogP contribution is 2.52. The van der Waals surface area contributed by atoms with Crippen LogP contribution < -0.4 is 4.90 Å². The Bertz CT molecular complexity index is 2650. The van der Waals surface area contributed by atoms with Crippen LogP contribution >= 0.6 is 0 Å². The van der Waals surface area contributed by atoms with Gasteiger partial charge in [0.05, 0.1) is 22.4 Å². The van der Waals surface area contributed by atoms with E-state index in [4.69, 9.17) is 15.0 Å². The molecule has 0 spiro atoms. The number of fused-ring (bicyclic) bond motifs is 8. The average Bonchev–Trinajstić information content (AvgIpc) is 3.46. The van der Waals surface area contributed by atoms with Crippen molar-refractivity contribution in [3.8, 4) is 51.0 Å². The van der Waals surface area contributed by atoms with Crippen molar-refractivity contribution in [1.29, 1.82) is 0 Å². The number of hydrogen-bond donors (Lipinski definition) is 0. The molecule has 50 heavy (non-hydrogen) atoms. The lowest BCUT2D eigenvalue weighted by Crippen LogP contribution is -2.10. The van der Waals surface area contributed by atoms with Gasteiger partial charge in [0, 0.05) is 51.1 Å². The second-order valence-corrected chi connectivity index (χ2v) is 12.4. The van der Waals surface area contributed by atoms with Crippen LogP contribution in [0.15, 0.2) is 170 Å². The number of anilines is 3. The standard InChI is InChI=1S/C44H28N6/c1-4-14-29(15-5-1)42-46-43(30-16-6-2-7-17-30)48-44(47-42)50-40-24-25-45-28-37(40)36-26-34-32-20-10-12-22-38(32)49(31-18-8-3-9-19-31)39-23-13-11-21-33(39)35(34)27-41(36)50/h1-28H. The quantitative estimate of drug-likeness (QED) is 0.192. The average molecular weight is 641 g/mol. The number of pyridine rings is 1. The molecule has 1 aliphatic rings. The van der Waals surface area contributed by atoms with Crippen molar-refractivity contribution in [3.05, 3.63) is 170 Å². The van der Waals surface area contributed by atoms with Crippen LogP contribution in [0.25, 0.3) is 72.8 Å². The fourth-order valence-corrected chi connectivity index (χ4v) is 7.24. The molecular formula is C44H28N6. The fourth-order valence-electron chi connectivity index (χ4n) is 7.24. The molecule has 0 atom stereocenters. The van der Waals surface area contributed by atoms with Crippen molar-refractivity contribution in [1.82, 2.24) is 24.5 Å². The molecule has 0 radical (unpaired) electrons. The minimum absolute atomic E-state index is 0.553. The van der Waals surface area contributed by atoms with E-state index in [2.05, 4.69) is 105 Å². The van der Waals surface area contributed by atoms with E-state index >= 15 is 0 Å². The first kappa shape index (κ1) is 28.1. The van der Waals surface area contributed by atoms with E-state index in [9.17, 15) is 0 Å². The summed E-state index contributed by atoms with van der Waals surface area (Å²) >= 11 is 0. The predicted octanol–water partition coefficient (Wildman–Crippen LogP) is 10.8. The van der Waals surface area contributed by atoms with Crippen LogP contribution in [0, 0.1) is 0 Å². The molecule has 0 bridgehead atoms. The Morgan fingerprint density at radius 1 is 0.420 bits per heavy atom. The lowest BCUT2D eigenvalue weighted by atomic mass is 9.93. The van der Waals surface area contributed by atoms with Crippen molar-refractivity contribution >= 4 is 38.9 Å². The van der Waals surface area contributed by atoms with Gasteiger partial charge in [-0.1, -0.05) is 115 Å². The molecule has 10 rings (SSSR count). The molecule has 0 saturated carbocycles. The number of aromatic nitrogens is 5. The Balaban J connectivity index is 1.30. The van der Waals surface area contributed by atoms with Crippen molar-refractivity contribution in [2.24, 2.45) is 0 Å². The number of para-hydroxylation sites is 3. The minimum atomic E-state index is 0.553. The molecule has 1 aliphatic heterocycles. The molecule has 0 unspecified atom stereocenters. The lowest BCUT2D eigenvalue weighted by molar-refractivity contribution is 0.953. The molecule has 0 amide bonds. The van der Waals surface area contributed by atoms with Crippen molar-refractivity contribution in [2.45, 2.75) is 0 Å². The van der Waals surface area contributed by atoms with Crippen LogP contribution in [0.5, 0.6) is 0 Å². The molecule has 0 N–H and O–H groups in total. The van der Waals surface area contributed by atoms with E-state index in [0.29, 0.717) is 17.6 Å². The number of benzene rings is 6. The molecular weight excluding hydrogens is 613 g/mol. The number of hydrogen-bond acceptors (Lipinski definition) is 5. The third-order valence-corrected chi connectivity index (χ3v) is 9.48. The Kier molecular flexibility index (Phi) is 6.39. The Morgan fingerprint density at radius 2 is 0.960 bits per heavy atom. The Morgan fingerprint density at radius 3 is 1.58 bits per heavy atom. The molecule has 0 saturated heterocycles. The molecule has 3 aromatic heterocycles. The van der Waals surface area contributed by atoms with E-state index in [1.165, 1.54) is 0 Å². The topological polar surface area (TPSA) is 59.7 Å². The lowest BCUT2D eigenvalue weighted by Gasteiger charge is -2.27. The van der Waals surface area contributed by atoms with Gasteiger partial charge in [0.1, 0.15) is 0 Å². The first-order valence-electron chi connectivity index (χ1n) is 16.7. The van der Waals surface area contributed by atoms with Gasteiger partial charge in [0.2, 0.25) is 5.95 Å². The van der Waals surface area contributed by atoms with Gasteiger partial charge < -0.3 is 4.90 Å². The summed E-state index contributed by atoms with van der Waals surface area (Å²) in [5.41, 5.74) is 11.8. The third-order valence-electron chi connectivity index (χ3n) is 9.48. The zero-order valence-electron chi connectivity index (χ0n) is 26.8. The summed E-state index contributed by atoms with van der Waals surface area (Å²) in [5, 5.41) is 2.11. The number of nitrogens with zero attached hydrogens (tertiary/aromatic N) is 6. The van der Waals surface area contributed by atoms with Gasteiger partial charge in [-0.25, -0.2) is 4.98 Å². The fraction of sp³-hybridized carbons (Fsp3) is 0. The van der Waals surface area contributed by atoms with Crippen molar-refractivity contribution in [3.63, 3.8) is 0 Å². The first-order valence-corrected chi connectivity index (χ1v) is 16.7. The van der Waals surface area contributed by atoms with E-state index in [-0.39, 0.29) is 0 Å². The van der Waals surface area contributed by atoms with Gasteiger partial charge in [-0.05, 0) is 53.6 Å². The molecule has 6 aromatic carbocycles. The summed E-state index contributed by atoms with van der Waals surface area (Å²) in [7, 11) is 0. The van der Waals surface area contributed by atoms with Gasteiger partial charge in [-0.2, -0.15) is 9.97 Å². The minimum Gasteiger partial charge on any atom is -0.309 e. The summed E-state index contributed by atoms with van der Waals surface area (Å²) in [6.07, 6.45) is 3.78. The smallest absolute Gasteiger partial charge is 0.238 e. The summed E-state index contributed by atoms with van der Waals surface area (Å²) < 4.78 is 2.17. The number of rotatable bonds is 4. The maximum absolute atomic E-state index is 5.15. The highest BCUT2D eigenvalue weighted by molar-refractivity contribution is 6.14. The molecule has 9 aromatic rings. The van der Waals surface area contributed by atoms with E-state index < -0.39 is 0 Å². The van der Waals surface area contributed by atoms with Crippen LogP contribution in [0.2, 0.25) is 0 Å². The Hall–Kier alpha value is -6.92. The zero-order valence-corrected chi connectivity index (χ0v) is 26.8. The monoisotopic (exact) mass is 640 g/mol. The SMILES string of the molecule is c1ccc(-c2nc(-c3ccccc3)nc(-n3c4ccncc4c4cc5c(cc43)-c3ccccc3N(c3ccccc3)c3ccccc3-5)n2)cc1. The predicted molar refractivity (Wildman–Crippen MR) is 202 cm³/mol. The largest absolute Gasteiger partial charge is 0.309 e. The molecule has 6 nitrogen and oxygen atoms in total. The molecule has 0 fully saturated rings. The maximum atomic E-state index is 5.15. The van der Waals surface area contributed by atoms with E-state index in [1.807, 2.05) is 79.1 Å². The van der Waals surface area contributed by atoms with Crippen LogP contribution in [-0.4, -0.2) is 24.5 Å². The second kappa shape index (κ2) is 11.4. The van der Waals surface area contributed by atoms with Gasteiger partial charge in [-0.15, -0.1) is 0 Å². The third kappa shape index (κ3) is 4.43. The highest BCUT2D eigenvalue weighted by Gasteiger charge is 2.28. The van der Waals surface area contributed by atoms with Crippen LogP contribution in [0.4, 0.5) is 17.1 Å². The van der Waals surface area contributed by atoms with Gasteiger partial charge in [0.25, 0.3) is 0 Å². The van der Waals surface area contributed by atoms with E-state index in [1.54, 1.807) is 0 Å². The second-order valence-electron chi connectivity index (χ2n) is 12.4. The van der Waals surface area contributed by atoms with E-state index in [0.717, 1.165) is 72.2 Å². The van der Waals surface area contributed by atoms with Gasteiger partial charge in [-0.3, -0.25) is 9.55 Å². The van der Waals surface area contributed by atoms with Crippen molar-refractivity contribution in [2.75, 3.05) is 4.90 Å². The summed E-state index contributed by atoms with van der Waals surface area (Å²) in [5.74, 6) is 1.79. The normalized spacial score (nSPS) is 12.0. The zero-order chi connectivity index (χ0) is 33.0. The summed E-state index contributed by atoms with van der Waals surface area (Å²) in [4.78, 5) is 22.2. The first-order chi connectivity index (χ1) is 24.8. The van der Waals surface area contributed by atoms with Gasteiger partial charge in [0.15, 0.2) is 11.6 Å². The molecule has 6 heteroatoms. The van der Waals surface area contributed by atoms with Crippen LogP contribution in [0.3, 0.4) is 0 Å². The van der Waals surface area contributed by atoms with Crippen LogP contribution in [0.1, 0.15) is 0 Å². The maximum Gasteiger partial charge on any atom is 0.238 e. The highest BCUT2D eigenvalue weighted by atomic mass is 15.2.